The molecule has 1 fully saturated rings. The summed E-state index contributed by atoms with van der Waals surface area (Å²) in [6.07, 6.45) is 0.804. The SMILES string of the molecule is C[C@@H]1Cc2c(nn(C)c2C(=O)N2CCN(c3ccccc3)CC2)[C@H](C)O1. The van der Waals surface area contributed by atoms with Crippen molar-refractivity contribution >= 4 is 11.6 Å². The molecule has 6 heteroatoms. The Morgan fingerprint density at radius 3 is 2.50 bits per heavy atom. The van der Waals surface area contributed by atoms with E-state index in [9.17, 15) is 4.79 Å². The molecular weight excluding hydrogens is 328 g/mol. The fourth-order valence-corrected chi connectivity index (χ4v) is 4.09. The molecule has 1 saturated heterocycles. The number of aryl methyl sites for hydroxylation is 1. The molecule has 0 N–H and O–H groups in total. The highest BCUT2D eigenvalue weighted by Crippen LogP contribution is 2.31. The van der Waals surface area contributed by atoms with Crippen LogP contribution < -0.4 is 4.90 Å². The maximum absolute atomic E-state index is 13.2. The number of para-hydroxylation sites is 1. The average molecular weight is 354 g/mol. The summed E-state index contributed by atoms with van der Waals surface area (Å²) in [5.74, 6) is 0.0928. The first kappa shape index (κ1) is 17.1. The first-order valence-corrected chi connectivity index (χ1v) is 9.35. The Bertz CT molecular complexity index is 794. The minimum atomic E-state index is -0.0589. The van der Waals surface area contributed by atoms with Gasteiger partial charge in [-0.1, -0.05) is 18.2 Å². The van der Waals surface area contributed by atoms with Gasteiger partial charge in [0.25, 0.3) is 5.91 Å². The number of fused-ring (bicyclic) bond motifs is 1. The van der Waals surface area contributed by atoms with Crippen LogP contribution in [0, 0.1) is 0 Å². The summed E-state index contributed by atoms with van der Waals surface area (Å²) in [6, 6.07) is 10.4. The molecule has 0 unspecified atom stereocenters. The second-order valence-electron chi connectivity index (χ2n) is 7.24. The highest BCUT2D eigenvalue weighted by Gasteiger charge is 2.33. The van der Waals surface area contributed by atoms with Crippen LogP contribution in [0.1, 0.15) is 41.7 Å². The van der Waals surface area contributed by atoms with Crippen molar-refractivity contribution in [2.75, 3.05) is 31.1 Å². The Labute approximate surface area is 154 Å². The Kier molecular flexibility index (Phi) is 4.44. The number of amides is 1. The third-order valence-corrected chi connectivity index (χ3v) is 5.38. The highest BCUT2D eigenvalue weighted by molar-refractivity contribution is 5.94. The number of rotatable bonds is 2. The van der Waals surface area contributed by atoms with Crippen LogP contribution >= 0.6 is 0 Å². The van der Waals surface area contributed by atoms with E-state index in [2.05, 4.69) is 41.2 Å². The predicted molar refractivity (Wildman–Crippen MR) is 100 cm³/mol. The van der Waals surface area contributed by atoms with E-state index < -0.39 is 0 Å². The lowest BCUT2D eigenvalue weighted by atomic mass is 9.99. The molecule has 1 aromatic carbocycles. The van der Waals surface area contributed by atoms with Gasteiger partial charge in [0.1, 0.15) is 5.69 Å². The van der Waals surface area contributed by atoms with Gasteiger partial charge in [0, 0.05) is 50.9 Å². The van der Waals surface area contributed by atoms with Crippen LogP contribution in [0.4, 0.5) is 5.69 Å². The quantitative estimate of drug-likeness (QED) is 0.831. The van der Waals surface area contributed by atoms with Crippen molar-refractivity contribution in [1.82, 2.24) is 14.7 Å². The molecule has 6 nitrogen and oxygen atoms in total. The van der Waals surface area contributed by atoms with Crippen LogP contribution in [-0.2, 0) is 18.2 Å². The van der Waals surface area contributed by atoms with E-state index >= 15 is 0 Å². The van der Waals surface area contributed by atoms with E-state index in [0.29, 0.717) is 0 Å². The molecule has 2 aliphatic heterocycles. The molecule has 3 heterocycles. The van der Waals surface area contributed by atoms with E-state index in [1.807, 2.05) is 24.9 Å². The number of carbonyl (C=O) groups is 1. The fraction of sp³-hybridized carbons (Fsp3) is 0.500. The summed E-state index contributed by atoms with van der Waals surface area (Å²) in [4.78, 5) is 17.5. The van der Waals surface area contributed by atoms with E-state index in [4.69, 9.17) is 4.74 Å². The second kappa shape index (κ2) is 6.76. The Hall–Kier alpha value is -2.34. The Morgan fingerprint density at radius 1 is 1.12 bits per heavy atom. The first-order valence-electron chi connectivity index (χ1n) is 9.35. The van der Waals surface area contributed by atoms with Gasteiger partial charge in [-0.2, -0.15) is 5.10 Å². The van der Waals surface area contributed by atoms with E-state index in [0.717, 1.165) is 49.6 Å². The monoisotopic (exact) mass is 354 g/mol. The predicted octanol–water partition coefficient (Wildman–Crippen LogP) is 2.40. The Balaban J connectivity index is 1.51. The van der Waals surface area contributed by atoms with Crippen molar-refractivity contribution < 1.29 is 9.53 Å². The molecule has 138 valence electrons. The Morgan fingerprint density at radius 2 is 1.81 bits per heavy atom. The van der Waals surface area contributed by atoms with Crippen molar-refractivity contribution in [2.45, 2.75) is 32.5 Å². The number of carbonyl (C=O) groups excluding carboxylic acids is 1. The van der Waals surface area contributed by atoms with Crippen molar-refractivity contribution in [1.29, 1.82) is 0 Å². The molecule has 26 heavy (non-hydrogen) atoms. The molecular formula is C20H26N4O2. The first-order chi connectivity index (χ1) is 12.5. The number of ether oxygens (including phenoxy) is 1. The van der Waals surface area contributed by atoms with Crippen LogP contribution in [0.5, 0.6) is 0 Å². The van der Waals surface area contributed by atoms with E-state index in [1.54, 1.807) is 4.68 Å². The molecule has 0 aliphatic carbocycles. The zero-order chi connectivity index (χ0) is 18.3. The number of benzene rings is 1. The lowest BCUT2D eigenvalue weighted by Crippen LogP contribution is -2.49. The third kappa shape index (κ3) is 2.98. The standard InChI is InChI=1S/C20H26N4O2/c1-14-13-17-18(15(2)26-14)21-22(3)19(17)20(25)24-11-9-23(10-12-24)16-7-5-4-6-8-16/h4-8,14-15H,9-13H2,1-3H3/t14-,15+/m1/s1. The number of aromatic nitrogens is 2. The number of nitrogens with zero attached hydrogens (tertiary/aromatic N) is 4. The number of piperazine rings is 1. The minimum absolute atomic E-state index is 0.0589. The summed E-state index contributed by atoms with van der Waals surface area (Å²) in [5, 5.41) is 4.58. The molecule has 2 aliphatic rings. The second-order valence-corrected chi connectivity index (χ2v) is 7.24. The maximum Gasteiger partial charge on any atom is 0.272 e. The van der Waals surface area contributed by atoms with Gasteiger partial charge in [-0.3, -0.25) is 9.48 Å². The average Bonchev–Trinajstić information content (AvgIpc) is 2.98. The largest absolute Gasteiger partial charge is 0.369 e. The van der Waals surface area contributed by atoms with Crippen molar-refractivity contribution in [3.8, 4) is 0 Å². The van der Waals surface area contributed by atoms with Gasteiger partial charge in [0.15, 0.2) is 0 Å². The molecule has 2 atom stereocenters. The zero-order valence-electron chi connectivity index (χ0n) is 15.7. The molecule has 2 aromatic rings. The van der Waals surface area contributed by atoms with Gasteiger partial charge in [-0.25, -0.2) is 0 Å². The summed E-state index contributed by atoms with van der Waals surface area (Å²) < 4.78 is 7.61. The van der Waals surface area contributed by atoms with Gasteiger partial charge in [0.2, 0.25) is 0 Å². The van der Waals surface area contributed by atoms with Crippen molar-refractivity contribution in [3.05, 3.63) is 47.3 Å². The van der Waals surface area contributed by atoms with Crippen LogP contribution in [0.2, 0.25) is 0 Å². The molecule has 0 saturated carbocycles. The normalized spacial score (nSPS) is 23.0. The zero-order valence-corrected chi connectivity index (χ0v) is 15.7. The molecule has 1 aromatic heterocycles. The summed E-state index contributed by atoms with van der Waals surface area (Å²) in [7, 11) is 1.86. The number of hydrogen-bond donors (Lipinski definition) is 0. The summed E-state index contributed by atoms with van der Waals surface area (Å²) in [5.41, 5.74) is 3.93. The van der Waals surface area contributed by atoms with Gasteiger partial charge in [-0.05, 0) is 26.0 Å². The fourth-order valence-electron chi connectivity index (χ4n) is 4.09. The topological polar surface area (TPSA) is 50.6 Å². The van der Waals surface area contributed by atoms with Crippen molar-refractivity contribution in [2.24, 2.45) is 7.05 Å². The smallest absolute Gasteiger partial charge is 0.272 e. The maximum atomic E-state index is 13.2. The van der Waals surface area contributed by atoms with Crippen LogP contribution in [0.25, 0.3) is 0 Å². The lowest BCUT2D eigenvalue weighted by Gasteiger charge is -2.36. The molecule has 0 spiro atoms. The van der Waals surface area contributed by atoms with Gasteiger partial charge in [0.05, 0.1) is 17.9 Å². The van der Waals surface area contributed by atoms with Crippen LogP contribution in [0.15, 0.2) is 30.3 Å². The highest BCUT2D eigenvalue weighted by atomic mass is 16.5. The summed E-state index contributed by atoms with van der Waals surface area (Å²) in [6.45, 7) is 7.23. The molecule has 1 amide bonds. The van der Waals surface area contributed by atoms with Crippen LogP contribution in [-0.4, -0.2) is 52.9 Å². The minimum Gasteiger partial charge on any atom is -0.369 e. The third-order valence-electron chi connectivity index (χ3n) is 5.38. The molecule has 0 radical (unpaired) electrons. The molecule has 4 rings (SSSR count). The van der Waals surface area contributed by atoms with E-state index in [-0.39, 0.29) is 18.1 Å². The van der Waals surface area contributed by atoms with E-state index in [1.165, 1.54) is 5.69 Å². The van der Waals surface area contributed by atoms with Crippen LogP contribution in [0.3, 0.4) is 0 Å². The number of hydrogen-bond acceptors (Lipinski definition) is 4. The molecule has 0 bridgehead atoms. The summed E-state index contributed by atoms with van der Waals surface area (Å²) >= 11 is 0. The van der Waals surface area contributed by atoms with Gasteiger partial charge >= 0.3 is 0 Å². The van der Waals surface area contributed by atoms with Gasteiger partial charge in [-0.15, -0.1) is 0 Å². The van der Waals surface area contributed by atoms with Crippen molar-refractivity contribution in [3.63, 3.8) is 0 Å². The lowest BCUT2D eigenvalue weighted by molar-refractivity contribution is -0.00714. The van der Waals surface area contributed by atoms with Gasteiger partial charge < -0.3 is 14.5 Å². The number of anilines is 1.